The Labute approximate surface area is 78.5 Å². The summed E-state index contributed by atoms with van der Waals surface area (Å²) in [7, 11) is 0. The van der Waals surface area contributed by atoms with Crippen molar-refractivity contribution >= 4 is 5.84 Å². The Kier molecular flexibility index (Phi) is 2.05. The van der Waals surface area contributed by atoms with Crippen LogP contribution >= 0.6 is 0 Å². The summed E-state index contributed by atoms with van der Waals surface area (Å²) in [4.78, 5) is 4.24. The molecule has 1 atom stereocenters. The first kappa shape index (κ1) is 8.30. The molecule has 2 heteroatoms. The van der Waals surface area contributed by atoms with Crippen LogP contribution in [0.4, 0.5) is 0 Å². The molecule has 1 aliphatic carbocycles. The van der Waals surface area contributed by atoms with Crippen LogP contribution in [0.5, 0.6) is 0 Å². The van der Waals surface area contributed by atoms with Crippen LogP contribution in [0.1, 0.15) is 24.0 Å². The van der Waals surface area contributed by atoms with E-state index in [1.165, 1.54) is 11.1 Å². The second-order valence-corrected chi connectivity index (χ2v) is 3.58. The molecule has 0 fully saturated rings. The molecule has 2 rings (SSSR count). The Hall–Kier alpha value is -1.31. The van der Waals surface area contributed by atoms with Crippen LogP contribution in [0.25, 0.3) is 0 Å². The van der Waals surface area contributed by atoms with Gasteiger partial charge in [0.15, 0.2) is 0 Å². The van der Waals surface area contributed by atoms with Gasteiger partial charge >= 0.3 is 0 Å². The average molecular weight is 174 g/mol. The van der Waals surface area contributed by atoms with Gasteiger partial charge in [-0.3, -0.25) is 4.99 Å². The zero-order chi connectivity index (χ0) is 9.26. The molecule has 1 unspecified atom stereocenters. The van der Waals surface area contributed by atoms with Gasteiger partial charge in [0.2, 0.25) is 0 Å². The third kappa shape index (κ3) is 1.57. The van der Waals surface area contributed by atoms with E-state index >= 15 is 0 Å². The highest BCUT2D eigenvalue weighted by atomic mass is 14.8. The summed E-state index contributed by atoms with van der Waals surface area (Å²) < 4.78 is 0. The highest BCUT2D eigenvalue weighted by Crippen LogP contribution is 2.34. The van der Waals surface area contributed by atoms with Crippen LogP contribution in [0.3, 0.4) is 0 Å². The van der Waals surface area contributed by atoms with E-state index in [0.717, 1.165) is 13.0 Å². The van der Waals surface area contributed by atoms with Crippen LogP contribution in [0.15, 0.2) is 29.3 Å². The van der Waals surface area contributed by atoms with E-state index in [2.05, 4.69) is 29.3 Å². The van der Waals surface area contributed by atoms with E-state index in [1.54, 1.807) is 0 Å². The maximum atomic E-state index is 5.49. The Morgan fingerprint density at radius 1 is 1.54 bits per heavy atom. The van der Waals surface area contributed by atoms with Crippen molar-refractivity contribution in [2.75, 3.05) is 6.54 Å². The molecule has 0 aliphatic heterocycles. The normalized spacial score (nSPS) is 20.7. The van der Waals surface area contributed by atoms with Gasteiger partial charge in [0, 0.05) is 12.5 Å². The summed E-state index contributed by atoms with van der Waals surface area (Å²) in [6.45, 7) is 2.68. The summed E-state index contributed by atoms with van der Waals surface area (Å²) in [6.07, 6.45) is 1.16. The van der Waals surface area contributed by atoms with Gasteiger partial charge in [-0.1, -0.05) is 24.3 Å². The Bertz CT molecular complexity index is 338. The molecule has 2 N–H and O–H groups in total. The molecule has 1 aromatic rings. The topological polar surface area (TPSA) is 38.4 Å². The Morgan fingerprint density at radius 3 is 3.00 bits per heavy atom. The van der Waals surface area contributed by atoms with Crippen LogP contribution in [0, 0.1) is 0 Å². The number of nitrogens with two attached hydrogens (primary N) is 1. The number of hydrogen-bond donors (Lipinski definition) is 1. The van der Waals surface area contributed by atoms with E-state index in [9.17, 15) is 0 Å². The fourth-order valence-electron chi connectivity index (χ4n) is 1.78. The number of amidine groups is 1. The first-order valence-corrected chi connectivity index (χ1v) is 4.61. The molecule has 1 aliphatic rings. The lowest BCUT2D eigenvalue weighted by Crippen LogP contribution is -2.20. The smallest absolute Gasteiger partial charge is 0.0905 e. The van der Waals surface area contributed by atoms with Gasteiger partial charge in [0.1, 0.15) is 0 Å². The molecule has 0 spiro atoms. The number of hydrogen-bond acceptors (Lipinski definition) is 1. The predicted octanol–water partition coefficient (Wildman–Crippen LogP) is 1.70. The largest absolute Gasteiger partial charge is 0.388 e. The molecular weight excluding hydrogens is 160 g/mol. The number of fused-ring (bicyclic) bond motifs is 1. The molecule has 0 aromatic heterocycles. The molecule has 0 bridgehead atoms. The summed E-state index contributed by atoms with van der Waals surface area (Å²) >= 11 is 0. The van der Waals surface area contributed by atoms with Gasteiger partial charge in [-0.25, -0.2) is 0 Å². The summed E-state index contributed by atoms with van der Waals surface area (Å²) in [5, 5.41) is 0. The Morgan fingerprint density at radius 2 is 2.31 bits per heavy atom. The van der Waals surface area contributed by atoms with Crippen molar-refractivity contribution < 1.29 is 0 Å². The number of benzene rings is 1. The Balaban J connectivity index is 2.06. The van der Waals surface area contributed by atoms with Crippen molar-refractivity contribution in [3.8, 4) is 0 Å². The van der Waals surface area contributed by atoms with E-state index in [4.69, 9.17) is 5.73 Å². The zero-order valence-corrected chi connectivity index (χ0v) is 7.83. The summed E-state index contributed by atoms with van der Waals surface area (Å²) in [5.41, 5.74) is 8.41. The number of nitrogens with zero attached hydrogens (tertiary/aromatic N) is 1. The van der Waals surface area contributed by atoms with Crippen molar-refractivity contribution in [3.63, 3.8) is 0 Å². The van der Waals surface area contributed by atoms with Crippen LogP contribution in [0.2, 0.25) is 0 Å². The SMILES string of the molecule is CC(N)=NCC1Cc2ccccc21. The van der Waals surface area contributed by atoms with Gasteiger partial charge in [0.05, 0.1) is 5.84 Å². The molecular formula is C11H14N2. The van der Waals surface area contributed by atoms with Gasteiger partial charge in [-0.05, 0) is 24.5 Å². The van der Waals surface area contributed by atoms with E-state index < -0.39 is 0 Å². The van der Waals surface area contributed by atoms with Crippen molar-refractivity contribution in [2.24, 2.45) is 10.7 Å². The zero-order valence-electron chi connectivity index (χ0n) is 7.83. The van der Waals surface area contributed by atoms with Crippen LogP contribution in [-0.2, 0) is 6.42 Å². The first-order chi connectivity index (χ1) is 6.27. The standard InChI is InChI=1S/C11H14N2/c1-8(12)13-7-10-6-9-4-2-3-5-11(9)10/h2-5,10H,6-7H2,1H3,(H2,12,13). The van der Waals surface area contributed by atoms with Crippen molar-refractivity contribution in [1.29, 1.82) is 0 Å². The molecule has 0 saturated carbocycles. The van der Waals surface area contributed by atoms with E-state index in [1.807, 2.05) is 6.92 Å². The lowest BCUT2D eigenvalue weighted by Gasteiger charge is -2.28. The monoisotopic (exact) mass is 174 g/mol. The third-order valence-electron chi connectivity index (χ3n) is 2.52. The summed E-state index contributed by atoms with van der Waals surface area (Å²) in [5.74, 6) is 1.29. The highest BCUT2D eigenvalue weighted by Gasteiger charge is 2.24. The van der Waals surface area contributed by atoms with Gasteiger partial charge in [-0.15, -0.1) is 0 Å². The maximum absolute atomic E-state index is 5.49. The fraction of sp³-hybridized carbons (Fsp3) is 0.364. The van der Waals surface area contributed by atoms with Crippen molar-refractivity contribution in [3.05, 3.63) is 35.4 Å². The molecule has 13 heavy (non-hydrogen) atoms. The third-order valence-corrected chi connectivity index (χ3v) is 2.52. The van der Waals surface area contributed by atoms with Crippen LogP contribution in [-0.4, -0.2) is 12.4 Å². The molecule has 1 aromatic carbocycles. The van der Waals surface area contributed by atoms with Gasteiger partial charge in [0.25, 0.3) is 0 Å². The van der Waals surface area contributed by atoms with Crippen LogP contribution < -0.4 is 5.73 Å². The van der Waals surface area contributed by atoms with E-state index in [0.29, 0.717) is 11.8 Å². The quantitative estimate of drug-likeness (QED) is 0.538. The molecule has 68 valence electrons. The highest BCUT2D eigenvalue weighted by molar-refractivity contribution is 5.77. The molecule has 0 heterocycles. The molecule has 0 amide bonds. The van der Waals surface area contributed by atoms with Gasteiger partial charge in [-0.2, -0.15) is 0 Å². The molecule has 0 saturated heterocycles. The summed E-state index contributed by atoms with van der Waals surface area (Å²) in [6, 6.07) is 8.55. The minimum atomic E-state index is 0.606. The predicted molar refractivity (Wildman–Crippen MR) is 55.1 cm³/mol. The number of aliphatic imine (C=N–C) groups is 1. The molecule has 2 nitrogen and oxygen atoms in total. The second-order valence-electron chi connectivity index (χ2n) is 3.58. The fourth-order valence-corrected chi connectivity index (χ4v) is 1.78. The minimum absolute atomic E-state index is 0.606. The van der Waals surface area contributed by atoms with Crippen molar-refractivity contribution in [1.82, 2.24) is 0 Å². The molecule has 0 radical (unpaired) electrons. The second kappa shape index (κ2) is 3.21. The maximum Gasteiger partial charge on any atom is 0.0905 e. The van der Waals surface area contributed by atoms with E-state index in [-0.39, 0.29) is 0 Å². The number of rotatable bonds is 2. The lowest BCUT2D eigenvalue weighted by atomic mass is 9.78. The lowest BCUT2D eigenvalue weighted by molar-refractivity contribution is 0.619. The van der Waals surface area contributed by atoms with Crippen molar-refractivity contribution in [2.45, 2.75) is 19.3 Å². The van der Waals surface area contributed by atoms with Gasteiger partial charge < -0.3 is 5.73 Å². The minimum Gasteiger partial charge on any atom is -0.388 e. The average Bonchev–Trinajstić information content (AvgIpc) is 2.06. The first-order valence-electron chi connectivity index (χ1n) is 4.61.